The van der Waals surface area contributed by atoms with Gasteiger partial charge in [0.15, 0.2) is 0 Å². The van der Waals surface area contributed by atoms with Gasteiger partial charge >= 0.3 is 0 Å². The van der Waals surface area contributed by atoms with Crippen molar-refractivity contribution in [3.63, 3.8) is 0 Å². The second-order valence-corrected chi connectivity index (χ2v) is 6.39. The molecule has 1 nitrogen and oxygen atoms in total. The maximum Gasteiger partial charge on any atom is 0.0625 e. The molecule has 1 aromatic heterocycles. The Balaban J connectivity index is 1.97. The van der Waals surface area contributed by atoms with E-state index in [0.717, 1.165) is 11.0 Å². The predicted molar refractivity (Wildman–Crippen MR) is 102 cm³/mol. The maximum absolute atomic E-state index is 5.77. The molecular weight excluding hydrogens is 290 g/mol. The summed E-state index contributed by atoms with van der Waals surface area (Å²) in [6, 6.07) is 26.5. The van der Waals surface area contributed by atoms with E-state index in [2.05, 4.69) is 86.6 Å². The average Bonchev–Trinajstić information content (AvgIpc) is 2.94. The molecule has 4 rings (SSSR count). The third kappa shape index (κ3) is 2.20. The fourth-order valence-corrected chi connectivity index (χ4v) is 3.50. The van der Waals surface area contributed by atoms with Crippen LogP contribution in [0, 0.1) is 19.4 Å². The number of fused-ring (bicyclic) bond motifs is 3. The Hall–Kier alpha value is -2.98. The van der Waals surface area contributed by atoms with Crippen LogP contribution in [0.25, 0.3) is 21.8 Å². The minimum absolute atomic E-state index is 0.352. The highest BCUT2D eigenvalue weighted by atomic mass is 14.9. The van der Waals surface area contributed by atoms with Crippen LogP contribution in [-0.4, -0.2) is 4.57 Å². The smallest absolute Gasteiger partial charge is 0.0625 e. The highest BCUT2D eigenvalue weighted by Gasteiger charge is 2.13. The van der Waals surface area contributed by atoms with Crippen LogP contribution >= 0.6 is 0 Å². The van der Waals surface area contributed by atoms with Gasteiger partial charge in [-0.1, -0.05) is 61.4 Å². The van der Waals surface area contributed by atoms with Crippen LogP contribution in [0.1, 0.15) is 29.5 Å². The molecule has 1 heterocycles. The molecule has 0 radical (unpaired) electrons. The quantitative estimate of drug-likeness (QED) is 0.419. The first kappa shape index (κ1) is 14.6. The molecule has 0 bridgehead atoms. The van der Waals surface area contributed by atoms with Crippen LogP contribution in [-0.2, 0) is 0 Å². The molecular formula is C23H19N. The first-order valence-electron chi connectivity index (χ1n) is 8.25. The van der Waals surface area contributed by atoms with E-state index in [0.29, 0.717) is 5.92 Å². The first-order chi connectivity index (χ1) is 11.7. The van der Waals surface area contributed by atoms with Crippen molar-refractivity contribution in [2.75, 3.05) is 0 Å². The Kier molecular flexibility index (Phi) is 3.40. The second-order valence-electron chi connectivity index (χ2n) is 6.39. The van der Waals surface area contributed by atoms with Gasteiger partial charge in [-0.15, -0.1) is 0 Å². The normalized spacial score (nSPS) is 12.4. The standard InChI is InChI=1S/C23H19N/c1-4-24-22-12-10-16(2)14-20(22)21-15-19(11-13-23(21)24)17(3)18-8-6-5-7-9-18/h1,5-15,17H,2-3H3. The van der Waals surface area contributed by atoms with Crippen molar-refractivity contribution >= 4 is 21.8 Å². The fraction of sp³-hybridized carbons (Fsp3) is 0.130. The monoisotopic (exact) mass is 309 g/mol. The molecule has 0 saturated carbocycles. The van der Waals surface area contributed by atoms with E-state index >= 15 is 0 Å². The van der Waals surface area contributed by atoms with Crippen molar-refractivity contribution in [3.8, 4) is 12.5 Å². The molecule has 4 aromatic rings. The number of nitrogens with zero attached hydrogens (tertiary/aromatic N) is 1. The fourth-order valence-electron chi connectivity index (χ4n) is 3.50. The zero-order valence-corrected chi connectivity index (χ0v) is 14.0. The summed E-state index contributed by atoms with van der Waals surface area (Å²) < 4.78 is 1.95. The lowest BCUT2D eigenvalue weighted by molar-refractivity contribution is 0.925. The van der Waals surface area contributed by atoms with E-state index < -0.39 is 0 Å². The van der Waals surface area contributed by atoms with Gasteiger partial charge in [-0.2, -0.15) is 0 Å². The topological polar surface area (TPSA) is 4.93 Å². The van der Waals surface area contributed by atoms with Gasteiger partial charge < -0.3 is 0 Å². The van der Waals surface area contributed by atoms with E-state index in [9.17, 15) is 0 Å². The number of aromatic nitrogens is 1. The molecule has 0 N–H and O–H groups in total. The summed E-state index contributed by atoms with van der Waals surface area (Å²) >= 11 is 0. The van der Waals surface area contributed by atoms with E-state index in [1.165, 1.54) is 27.5 Å². The molecule has 0 saturated heterocycles. The summed E-state index contributed by atoms with van der Waals surface area (Å²) in [6.07, 6.45) is 5.77. The Morgan fingerprint density at radius 3 is 2.21 bits per heavy atom. The van der Waals surface area contributed by atoms with Crippen molar-refractivity contribution in [1.29, 1.82) is 0 Å². The highest BCUT2D eigenvalue weighted by molar-refractivity contribution is 6.09. The Morgan fingerprint density at radius 2 is 1.50 bits per heavy atom. The number of rotatable bonds is 2. The van der Waals surface area contributed by atoms with Gasteiger partial charge in [0.05, 0.1) is 11.0 Å². The molecule has 0 fully saturated rings. The maximum atomic E-state index is 5.77. The molecule has 0 amide bonds. The van der Waals surface area contributed by atoms with Gasteiger partial charge in [0.1, 0.15) is 0 Å². The van der Waals surface area contributed by atoms with Crippen LogP contribution in [0.3, 0.4) is 0 Å². The molecule has 1 atom stereocenters. The molecule has 0 aliphatic carbocycles. The van der Waals surface area contributed by atoms with E-state index in [-0.39, 0.29) is 0 Å². The molecule has 1 unspecified atom stereocenters. The van der Waals surface area contributed by atoms with E-state index in [1.807, 2.05) is 4.57 Å². The Labute approximate surface area is 142 Å². The SMILES string of the molecule is C#Cn1c2ccc(C)cc2c2cc(C(C)c3ccccc3)ccc21. The first-order valence-corrected chi connectivity index (χ1v) is 8.25. The lowest BCUT2D eigenvalue weighted by Gasteiger charge is -2.12. The van der Waals surface area contributed by atoms with Crippen LogP contribution in [0.15, 0.2) is 66.7 Å². The van der Waals surface area contributed by atoms with Crippen LogP contribution in [0.2, 0.25) is 0 Å². The molecule has 3 aromatic carbocycles. The third-order valence-electron chi connectivity index (χ3n) is 4.87. The average molecular weight is 309 g/mol. The highest BCUT2D eigenvalue weighted by Crippen LogP contribution is 2.33. The van der Waals surface area contributed by atoms with E-state index in [1.54, 1.807) is 0 Å². The van der Waals surface area contributed by atoms with Gasteiger partial charge in [0.2, 0.25) is 0 Å². The molecule has 24 heavy (non-hydrogen) atoms. The Morgan fingerprint density at radius 1 is 0.833 bits per heavy atom. The number of benzene rings is 3. The van der Waals surface area contributed by atoms with Crippen molar-refractivity contribution < 1.29 is 0 Å². The number of hydrogen-bond donors (Lipinski definition) is 0. The lowest BCUT2D eigenvalue weighted by atomic mass is 9.92. The molecule has 0 aliphatic rings. The van der Waals surface area contributed by atoms with Gasteiger partial charge in [-0.25, -0.2) is 0 Å². The number of hydrogen-bond acceptors (Lipinski definition) is 0. The van der Waals surface area contributed by atoms with Gasteiger partial charge in [-0.3, -0.25) is 4.57 Å². The van der Waals surface area contributed by atoms with Crippen molar-refractivity contribution in [3.05, 3.63) is 83.4 Å². The molecule has 0 spiro atoms. The van der Waals surface area contributed by atoms with Crippen LogP contribution in [0.5, 0.6) is 0 Å². The van der Waals surface area contributed by atoms with Gasteiger partial charge in [-0.05, 0) is 42.3 Å². The minimum Gasteiger partial charge on any atom is -0.269 e. The van der Waals surface area contributed by atoms with E-state index in [4.69, 9.17) is 6.42 Å². The van der Waals surface area contributed by atoms with Gasteiger partial charge in [0.25, 0.3) is 0 Å². The summed E-state index contributed by atoms with van der Waals surface area (Å²) in [4.78, 5) is 0. The van der Waals surface area contributed by atoms with Crippen molar-refractivity contribution in [2.24, 2.45) is 0 Å². The summed E-state index contributed by atoms with van der Waals surface area (Å²) in [5, 5.41) is 2.46. The number of terminal acetylenes is 1. The molecule has 116 valence electrons. The largest absolute Gasteiger partial charge is 0.269 e. The minimum atomic E-state index is 0.352. The molecule has 0 aliphatic heterocycles. The second kappa shape index (κ2) is 5.58. The summed E-state index contributed by atoms with van der Waals surface area (Å²) in [5.41, 5.74) is 6.09. The van der Waals surface area contributed by atoms with Crippen molar-refractivity contribution in [2.45, 2.75) is 19.8 Å². The molecule has 1 heteroatoms. The van der Waals surface area contributed by atoms with Crippen LogP contribution in [0.4, 0.5) is 0 Å². The summed E-state index contributed by atoms with van der Waals surface area (Å²) in [7, 11) is 0. The summed E-state index contributed by atoms with van der Waals surface area (Å²) in [5.74, 6) is 0.352. The zero-order chi connectivity index (χ0) is 16.7. The number of aryl methyl sites for hydroxylation is 1. The third-order valence-corrected chi connectivity index (χ3v) is 4.87. The zero-order valence-electron chi connectivity index (χ0n) is 14.0. The lowest BCUT2D eigenvalue weighted by Crippen LogP contribution is -1.95. The predicted octanol–water partition coefficient (Wildman–Crippen LogP) is 5.69. The Bertz CT molecular complexity index is 1080. The van der Waals surface area contributed by atoms with Crippen LogP contribution < -0.4 is 0 Å². The van der Waals surface area contributed by atoms with Gasteiger partial charge in [0, 0.05) is 22.7 Å². The van der Waals surface area contributed by atoms with Crippen molar-refractivity contribution in [1.82, 2.24) is 4.57 Å². The summed E-state index contributed by atoms with van der Waals surface area (Å²) in [6.45, 7) is 4.37.